The summed E-state index contributed by atoms with van der Waals surface area (Å²) in [7, 11) is 0. The average molecular weight is 307 g/mol. The Bertz CT molecular complexity index is 682. The van der Waals surface area contributed by atoms with E-state index in [9.17, 15) is 14.3 Å². The molecule has 1 saturated carbocycles. The molecule has 3 nitrogen and oxygen atoms in total. The molecule has 21 heavy (non-hydrogen) atoms. The van der Waals surface area contributed by atoms with Crippen LogP contribution in [0.2, 0.25) is 0 Å². The van der Waals surface area contributed by atoms with Gasteiger partial charge in [-0.05, 0) is 37.5 Å². The molecule has 0 saturated heterocycles. The van der Waals surface area contributed by atoms with Crippen molar-refractivity contribution in [3.05, 3.63) is 34.5 Å². The Labute approximate surface area is 126 Å². The number of rotatable bonds is 3. The first-order chi connectivity index (χ1) is 10.1. The van der Waals surface area contributed by atoms with Gasteiger partial charge in [0.25, 0.3) is 5.91 Å². The molecule has 1 aromatic heterocycles. The maximum atomic E-state index is 13.8. The number of carbonyl (C=O) groups is 1. The lowest BCUT2D eigenvalue weighted by Gasteiger charge is -2.14. The Morgan fingerprint density at radius 2 is 2.29 bits per heavy atom. The predicted octanol–water partition coefficient (Wildman–Crippen LogP) is 3.24. The van der Waals surface area contributed by atoms with Crippen LogP contribution in [-0.2, 0) is 0 Å². The molecule has 2 unspecified atom stereocenters. The highest BCUT2D eigenvalue weighted by Gasteiger charge is 2.26. The van der Waals surface area contributed by atoms with Gasteiger partial charge in [-0.2, -0.15) is 0 Å². The van der Waals surface area contributed by atoms with Crippen molar-refractivity contribution in [2.75, 3.05) is 6.54 Å². The Morgan fingerprint density at radius 3 is 2.95 bits per heavy atom. The Balaban J connectivity index is 1.78. The van der Waals surface area contributed by atoms with E-state index in [1.165, 1.54) is 17.4 Å². The van der Waals surface area contributed by atoms with Gasteiger partial charge in [0.15, 0.2) is 0 Å². The van der Waals surface area contributed by atoms with Crippen LogP contribution in [0.1, 0.15) is 34.5 Å². The first-order valence-corrected chi connectivity index (χ1v) is 8.03. The molecule has 1 fully saturated rings. The smallest absolute Gasteiger partial charge is 0.261 e. The summed E-state index contributed by atoms with van der Waals surface area (Å²) in [5, 5.41) is 13.2. The fourth-order valence-corrected chi connectivity index (χ4v) is 4.17. The van der Waals surface area contributed by atoms with Crippen LogP contribution in [0, 0.1) is 18.7 Å². The van der Waals surface area contributed by atoms with Crippen molar-refractivity contribution in [3.8, 4) is 0 Å². The van der Waals surface area contributed by atoms with Crippen LogP contribution in [0.5, 0.6) is 0 Å². The monoisotopic (exact) mass is 307 g/mol. The molecule has 2 aromatic rings. The molecular formula is C16H18FNO2S. The number of benzene rings is 1. The number of thiophene rings is 1. The summed E-state index contributed by atoms with van der Waals surface area (Å²) in [6.07, 6.45) is 2.45. The fraction of sp³-hybridized carbons (Fsp3) is 0.438. The van der Waals surface area contributed by atoms with E-state index in [4.69, 9.17) is 0 Å². The average Bonchev–Trinajstić information content (AvgIpc) is 3.01. The van der Waals surface area contributed by atoms with Gasteiger partial charge in [-0.25, -0.2) is 4.39 Å². The number of aryl methyl sites for hydroxylation is 1. The van der Waals surface area contributed by atoms with Crippen molar-refractivity contribution >= 4 is 27.3 Å². The second kappa shape index (κ2) is 5.73. The summed E-state index contributed by atoms with van der Waals surface area (Å²) < 4.78 is 14.6. The van der Waals surface area contributed by atoms with Crippen LogP contribution in [0.25, 0.3) is 10.1 Å². The molecule has 2 N–H and O–H groups in total. The normalized spacial score (nSPS) is 21.9. The van der Waals surface area contributed by atoms with E-state index in [0.29, 0.717) is 22.4 Å². The van der Waals surface area contributed by atoms with Crippen LogP contribution in [0.15, 0.2) is 18.2 Å². The van der Waals surface area contributed by atoms with Gasteiger partial charge in [-0.1, -0.05) is 12.5 Å². The highest BCUT2D eigenvalue weighted by Crippen LogP contribution is 2.32. The number of aliphatic hydroxyl groups is 1. The van der Waals surface area contributed by atoms with Gasteiger partial charge in [0.05, 0.1) is 11.0 Å². The zero-order chi connectivity index (χ0) is 15.0. The van der Waals surface area contributed by atoms with Crippen LogP contribution in [-0.4, -0.2) is 23.7 Å². The second-order valence-corrected chi connectivity index (χ2v) is 6.69. The lowest BCUT2D eigenvalue weighted by Crippen LogP contribution is -2.32. The Hall–Kier alpha value is -1.46. The Kier molecular flexibility index (Phi) is 3.95. The first-order valence-electron chi connectivity index (χ1n) is 7.22. The van der Waals surface area contributed by atoms with Gasteiger partial charge >= 0.3 is 0 Å². The predicted molar refractivity (Wildman–Crippen MR) is 82.2 cm³/mol. The highest BCUT2D eigenvalue weighted by atomic mass is 32.1. The van der Waals surface area contributed by atoms with Crippen molar-refractivity contribution in [1.29, 1.82) is 0 Å². The third-order valence-electron chi connectivity index (χ3n) is 4.25. The molecule has 1 aliphatic carbocycles. The van der Waals surface area contributed by atoms with Crippen LogP contribution < -0.4 is 5.32 Å². The zero-order valence-corrected chi connectivity index (χ0v) is 12.7. The summed E-state index contributed by atoms with van der Waals surface area (Å²) in [4.78, 5) is 12.9. The van der Waals surface area contributed by atoms with Crippen LogP contribution >= 0.6 is 11.3 Å². The summed E-state index contributed by atoms with van der Waals surface area (Å²) in [5.41, 5.74) is 0.692. The van der Waals surface area contributed by atoms with Gasteiger partial charge in [-0.3, -0.25) is 4.79 Å². The molecule has 1 amide bonds. The third-order valence-corrected chi connectivity index (χ3v) is 5.51. The number of carbonyl (C=O) groups excluding carboxylic acids is 1. The molecule has 0 bridgehead atoms. The van der Waals surface area contributed by atoms with Gasteiger partial charge in [0.1, 0.15) is 5.82 Å². The second-order valence-electron chi connectivity index (χ2n) is 5.64. The number of amides is 1. The minimum absolute atomic E-state index is 0.139. The van der Waals surface area contributed by atoms with Crippen molar-refractivity contribution in [3.63, 3.8) is 0 Å². The maximum absolute atomic E-state index is 13.8. The fourth-order valence-electron chi connectivity index (χ4n) is 3.03. The number of hydrogen-bond donors (Lipinski definition) is 2. The molecule has 3 rings (SSSR count). The van der Waals surface area contributed by atoms with E-state index in [1.807, 2.05) is 6.07 Å². The molecule has 0 radical (unpaired) electrons. The van der Waals surface area contributed by atoms with Crippen molar-refractivity contribution in [2.24, 2.45) is 5.92 Å². The van der Waals surface area contributed by atoms with E-state index in [1.54, 1.807) is 13.0 Å². The van der Waals surface area contributed by atoms with Crippen LogP contribution in [0.3, 0.4) is 0 Å². The molecule has 5 heteroatoms. The molecule has 1 aromatic carbocycles. The third kappa shape index (κ3) is 2.68. The van der Waals surface area contributed by atoms with Gasteiger partial charge in [-0.15, -0.1) is 11.3 Å². The standard InChI is InChI=1S/C16H18FNO2S/c1-9-14-11(17)5-3-7-13(14)21-15(9)16(20)18-8-10-4-2-6-12(10)19/h3,5,7,10,12,19H,2,4,6,8H2,1H3,(H,18,20). The summed E-state index contributed by atoms with van der Waals surface area (Å²) in [5.74, 6) is -0.320. The number of fused-ring (bicyclic) bond motifs is 1. The van der Waals surface area contributed by atoms with Gasteiger partial charge < -0.3 is 10.4 Å². The van der Waals surface area contributed by atoms with E-state index in [0.717, 1.165) is 24.0 Å². The number of nitrogens with one attached hydrogen (secondary N) is 1. The molecule has 2 atom stereocenters. The van der Waals surface area contributed by atoms with E-state index < -0.39 is 0 Å². The lowest BCUT2D eigenvalue weighted by molar-refractivity contribution is 0.0920. The molecule has 0 aliphatic heterocycles. The van der Waals surface area contributed by atoms with Crippen LogP contribution in [0.4, 0.5) is 4.39 Å². The first kappa shape index (κ1) is 14.5. The molecule has 112 valence electrons. The molecule has 0 spiro atoms. The van der Waals surface area contributed by atoms with Crippen molar-refractivity contribution < 1.29 is 14.3 Å². The van der Waals surface area contributed by atoms with E-state index in [-0.39, 0.29) is 23.7 Å². The van der Waals surface area contributed by atoms with E-state index in [2.05, 4.69) is 5.32 Å². The Morgan fingerprint density at radius 1 is 1.48 bits per heavy atom. The molecule has 1 aliphatic rings. The van der Waals surface area contributed by atoms with Crippen molar-refractivity contribution in [1.82, 2.24) is 5.32 Å². The van der Waals surface area contributed by atoms with Crippen molar-refractivity contribution in [2.45, 2.75) is 32.3 Å². The highest BCUT2D eigenvalue weighted by molar-refractivity contribution is 7.21. The minimum Gasteiger partial charge on any atom is -0.393 e. The lowest BCUT2D eigenvalue weighted by atomic mass is 10.1. The topological polar surface area (TPSA) is 49.3 Å². The largest absolute Gasteiger partial charge is 0.393 e. The molecule has 1 heterocycles. The summed E-state index contributed by atoms with van der Waals surface area (Å²) in [6.45, 7) is 2.26. The summed E-state index contributed by atoms with van der Waals surface area (Å²) >= 11 is 1.31. The zero-order valence-electron chi connectivity index (χ0n) is 11.9. The summed E-state index contributed by atoms with van der Waals surface area (Å²) in [6, 6.07) is 4.90. The van der Waals surface area contributed by atoms with E-state index >= 15 is 0 Å². The maximum Gasteiger partial charge on any atom is 0.261 e. The number of halogens is 1. The van der Waals surface area contributed by atoms with Gasteiger partial charge in [0, 0.05) is 22.5 Å². The molecular weight excluding hydrogens is 289 g/mol. The number of aliphatic hydroxyl groups excluding tert-OH is 1. The quantitative estimate of drug-likeness (QED) is 0.914. The number of hydrogen-bond acceptors (Lipinski definition) is 3. The van der Waals surface area contributed by atoms with Gasteiger partial charge in [0.2, 0.25) is 0 Å². The SMILES string of the molecule is Cc1c(C(=O)NCC2CCCC2O)sc2cccc(F)c12. The minimum atomic E-state index is -0.314.